The van der Waals surface area contributed by atoms with Crippen molar-refractivity contribution in [2.45, 2.75) is 10.5 Å². The van der Waals surface area contributed by atoms with Crippen LogP contribution in [0, 0.1) is 0 Å². The molecule has 1 aliphatic rings. The van der Waals surface area contributed by atoms with Crippen LogP contribution in [0.2, 0.25) is 0 Å². The van der Waals surface area contributed by atoms with E-state index in [1.165, 1.54) is 6.42 Å². The minimum atomic E-state index is -0.265. The van der Waals surface area contributed by atoms with E-state index in [1.807, 2.05) is 53.9 Å². The summed E-state index contributed by atoms with van der Waals surface area (Å²) < 4.78 is 5.28. The van der Waals surface area contributed by atoms with Gasteiger partial charge in [-0.1, -0.05) is 29.4 Å². The summed E-state index contributed by atoms with van der Waals surface area (Å²) in [6, 6.07) is 15.5. The van der Waals surface area contributed by atoms with Crippen LogP contribution in [0.3, 0.4) is 0 Å². The van der Waals surface area contributed by atoms with Crippen molar-refractivity contribution in [1.29, 1.82) is 0 Å². The predicted octanol–water partition coefficient (Wildman–Crippen LogP) is 4.60. The van der Waals surface area contributed by atoms with Gasteiger partial charge >= 0.3 is 0 Å². The number of hydrogen-bond acceptors (Lipinski definition) is 5. The van der Waals surface area contributed by atoms with Crippen molar-refractivity contribution >= 4 is 34.5 Å². The minimum absolute atomic E-state index is 0.265. The number of thioether (sulfide) groups is 2. The van der Waals surface area contributed by atoms with Crippen molar-refractivity contribution in [1.82, 2.24) is 5.16 Å². The van der Waals surface area contributed by atoms with Gasteiger partial charge in [0.25, 0.3) is 0 Å². The van der Waals surface area contributed by atoms with Crippen molar-refractivity contribution in [3.63, 3.8) is 0 Å². The average Bonchev–Trinajstić information content (AvgIpc) is 3.01. The third-order valence-electron chi connectivity index (χ3n) is 3.84. The van der Waals surface area contributed by atoms with Gasteiger partial charge < -0.3 is 9.63 Å². The van der Waals surface area contributed by atoms with Crippen molar-refractivity contribution in [3.8, 4) is 5.75 Å². The van der Waals surface area contributed by atoms with Gasteiger partial charge in [-0.15, -0.1) is 23.5 Å². The molecule has 3 nitrogen and oxygen atoms in total. The minimum Gasteiger partial charge on any atom is -0.508 e. The zero-order valence-electron chi connectivity index (χ0n) is 11.9. The molecular weight excluding hydrogens is 314 g/mol. The standard InChI is InChI=1S/C17H15NO2S2/c19-13-8-6-12(7-9-13)17(21-10-3-11-22-17)16-14-4-1-2-5-15(14)20-18-16/h1-2,4-9,19H,3,10-11H2. The molecule has 1 aromatic heterocycles. The first-order valence-electron chi connectivity index (χ1n) is 7.22. The Labute approximate surface area is 137 Å². The van der Waals surface area contributed by atoms with Gasteiger partial charge in [0.15, 0.2) is 5.58 Å². The zero-order valence-corrected chi connectivity index (χ0v) is 13.5. The molecule has 1 saturated heterocycles. The van der Waals surface area contributed by atoms with Crippen LogP contribution >= 0.6 is 23.5 Å². The van der Waals surface area contributed by atoms with Gasteiger partial charge in [-0.25, -0.2) is 0 Å². The Balaban J connectivity index is 1.92. The van der Waals surface area contributed by atoms with Crippen LogP contribution in [0.4, 0.5) is 0 Å². The number of para-hydroxylation sites is 1. The summed E-state index contributed by atoms with van der Waals surface area (Å²) in [6.07, 6.45) is 1.20. The number of aromatic hydroxyl groups is 1. The van der Waals surface area contributed by atoms with E-state index in [2.05, 4.69) is 11.2 Å². The molecule has 1 aliphatic heterocycles. The summed E-state index contributed by atoms with van der Waals surface area (Å²) in [6.45, 7) is 0. The maximum absolute atomic E-state index is 9.59. The smallest absolute Gasteiger partial charge is 0.167 e. The molecule has 1 fully saturated rings. The lowest BCUT2D eigenvalue weighted by molar-refractivity contribution is 0.445. The quantitative estimate of drug-likeness (QED) is 0.744. The lowest BCUT2D eigenvalue weighted by Gasteiger charge is -2.35. The van der Waals surface area contributed by atoms with Gasteiger partial charge in [-0.3, -0.25) is 0 Å². The first-order valence-corrected chi connectivity index (χ1v) is 9.19. The maximum Gasteiger partial charge on any atom is 0.167 e. The molecule has 112 valence electrons. The number of hydrogen-bond donors (Lipinski definition) is 1. The number of phenolic OH excluding ortho intramolecular Hbond substituents is 1. The highest BCUT2D eigenvalue weighted by Gasteiger charge is 2.41. The number of benzene rings is 2. The van der Waals surface area contributed by atoms with E-state index < -0.39 is 0 Å². The van der Waals surface area contributed by atoms with Crippen LogP contribution in [0.15, 0.2) is 53.1 Å². The second kappa shape index (κ2) is 5.56. The zero-order chi connectivity index (χ0) is 15.0. The number of phenols is 1. The summed E-state index contributed by atoms with van der Waals surface area (Å²) >= 11 is 3.80. The molecule has 0 radical (unpaired) electrons. The third-order valence-corrected chi connectivity index (χ3v) is 7.20. The molecule has 0 saturated carbocycles. The van der Waals surface area contributed by atoms with E-state index in [9.17, 15) is 5.11 Å². The highest BCUT2D eigenvalue weighted by molar-refractivity contribution is 8.18. The van der Waals surface area contributed by atoms with E-state index in [0.29, 0.717) is 0 Å². The molecular formula is C17H15NO2S2. The first-order chi connectivity index (χ1) is 10.8. The second-order valence-corrected chi connectivity index (χ2v) is 8.12. The van der Waals surface area contributed by atoms with Crippen LogP contribution in [-0.2, 0) is 4.08 Å². The van der Waals surface area contributed by atoms with Crippen LogP contribution in [0.5, 0.6) is 5.75 Å². The van der Waals surface area contributed by atoms with Crippen molar-refractivity contribution < 1.29 is 9.63 Å². The van der Waals surface area contributed by atoms with Gasteiger partial charge in [0.2, 0.25) is 0 Å². The fourth-order valence-corrected chi connectivity index (χ4v) is 6.12. The molecule has 0 atom stereocenters. The molecule has 0 bridgehead atoms. The van der Waals surface area contributed by atoms with Crippen LogP contribution in [0.1, 0.15) is 17.7 Å². The van der Waals surface area contributed by atoms with E-state index in [0.717, 1.165) is 33.7 Å². The van der Waals surface area contributed by atoms with Crippen molar-refractivity contribution in [3.05, 3.63) is 59.8 Å². The fourth-order valence-electron chi connectivity index (χ4n) is 2.78. The molecule has 5 heteroatoms. The number of rotatable bonds is 2. The maximum atomic E-state index is 9.59. The Morgan fingerprint density at radius 1 is 1.00 bits per heavy atom. The average molecular weight is 329 g/mol. The molecule has 0 unspecified atom stereocenters. The molecule has 0 spiro atoms. The molecule has 3 aromatic rings. The highest BCUT2D eigenvalue weighted by Crippen LogP contribution is 2.55. The Bertz CT molecular complexity index is 792. The van der Waals surface area contributed by atoms with Gasteiger partial charge in [-0.2, -0.15) is 0 Å². The van der Waals surface area contributed by atoms with Gasteiger partial charge in [0.1, 0.15) is 15.5 Å². The third kappa shape index (κ3) is 2.20. The topological polar surface area (TPSA) is 46.3 Å². The lowest BCUT2D eigenvalue weighted by atomic mass is 10.1. The summed E-state index contributed by atoms with van der Waals surface area (Å²) in [5.74, 6) is 2.47. The second-order valence-electron chi connectivity index (χ2n) is 5.24. The van der Waals surface area contributed by atoms with Crippen molar-refractivity contribution in [2.75, 3.05) is 11.5 Å². The Hall–Kier alpha value is -1.59. The first kappa shape index (κ1) is 14.0. The summed E-state index contributed by atoms with van der Waals surface area (Å²) in [5.41, 5.74) is 2.95. The van der Waals surface area contributed by atoms with Crippen molar-refractivity contribution in [2.24, 2.45) is 0 Å². The summed E-state index contributed by atoms with van der Waals surface area (Å²) in [7, 11) is 0. The number of aromatic nitrogens is 1. The van der Waals surface area contributed by atoms with Crippen LogP contribution in [0.25, 0.3) is 11.0 Å². The Morgan fingerprint density at radius 2 is 1.73 bits per heavy atom. The molecule has 2 heterocycles. The normalized spacial score (nSPS) is 17.6. The van der Waals surface area contributed by atoms with Gasteiger partial charge in [-0.05, 0) is 47.8 Å². The predicted molar refractivity (Wildman–Crippen MR) is 92.4 cm³/mol. The summed E-state index contributed by atoms with van der Waals surface area (Å²) in [4.78, 5) is 0. The lowest BCUT2D eigenvalue weighted by Crippen LogP contribution is -2.24. The van der Waals surface area contributed by atoms with E-state index in [-0.39, 0.29) is 9.83 Å². The molecule has 2 aromatic carbocycles. The SMILES string of the molecule is Oc1ccc(C2(c3noc4ccccc34)SCCCS2)cc1. The van der Waals surface area contributed by atoms with E-state index in [1.54, 1.807) is 12.1 Å². The molecule has 0 amide bonds. The fraction of sp³-hybridized carbons (Fsp3) is 0.235. The molecule has 1 N–H and O–H groups in total. The largest absolute Gasteiger partial charge is 0.508 e. The van der Waals surface area contributed by atoms with Gasteiger partial charge in [0, 0.05) is 5.39 Å². The van der Waals surface area contributed by atoms with E-state index >= 15 is 0 Å². The monoisotopic (exact) mass is 329 g/mol. The highest BCUT2D eigenvalue weighted by atomic mass is 32.2. The Morgan fingerprint density at radius 3 is 2.50 bits per heavy atom. The van der Waals surface area contributed by atoms with Gasteiger partial charge in [0.05, 0.1) is 0 Å². The summed E-state index contributed by atoms with van der Waals surface area (Å²) in [5, 5.41) is 15.1. The number of fused-ring (bicyclic) bond motifs is 1. The van der Waals surface area contributed by atoms with Crippen LogP contribution in [-0.4, -0.2) is 21.8 Å². The van der Waals surface area contributed by atoms with E-state index in [4.69, 9.17) is 4.52 Å². The molecule has 0 aliphatic carbocycles. The Kier molecular flexibility index (Phi) is 3.54. The van der Waals surface area contributed by atoms with Crippen LogP contribution < -0.4 is 0 Å². The number of nitrogens with zero attached hydrogens (tertiary/aromatic N) is 1. The molecule has 4 rings (SSSR count). The molecule has 22 heavy (non-hydrogen) atoms.